The Kier molecular flexibility index (Phi) is 4.83. The lowest BCUT2D eigenvalue weighted by atomic mass is 10.1. The molecule has 2 rings (SSSR count). The molecule has 0 fully saturated rings. The van der Waals surface area contributed by atoms with E-state index in [9.17, 15) is 4.79 Å². The minimum absolute atomic E-state index is 0.183. The summed E-state index contributed by atoms with van der Waals surface area (Å²) in [5.74, 6) is 1.37. The molecule has 0 saturated carbocycles. The zero-order valence-electron chi connectivity index (χ0n) is 13.0. The van der Waals surface area contributed by atoms with E-state index in [4.69, 9.17) is 14.2 Å². The van der Waals surface area contributed by atoms with Crippen molar-refractivity contribution in [1.29, 1.82) is 0 Å². The van der Waals surface area contributed by atoms with Crippen LogP contribution in [0, 0.1) is 0 Å². The highest BCUT2D eigenvalue weighted by atomic mass is 16.5. The first-order valence-corrected chi connectivity index (χ1v) is 6.61. The molecule has 0 N–H and O–H groups in total. The molecule has 0 aliphatic rings. The molecule has 0 radical (unpaired) electrons. The summed E-state index contributed by atoms with van der Waals surface area (Å²) in [6.07, 6.45) is 4.84. The fourth-order valence-electron chi connectivity index (χ4n) is 2.05. The van der Waals surface area contributed by atoms with Gasteiger partial charge in [-0.1, -0.05) is 0 Å². The van der Waals surface area contributed by atoms with Crippen LogP contribution in [0.3, 0.4) is 0 Å². The first-order valence-electron chi connectivity index (χ1n) is 6.61. The third-order valence-corrected chi connectivity index (χ3v) is 3.11. The molecule has 0 bridgehead atoms. The molecule has 0 aliphatic heterocycles. The number of carbonyl (C=O) groups is 1. The van der Waals surface area contributed by atoms with Crippen molar-refractivity contribution in [2.24, 2.45) is 7.05 Å². The predicted molar refractivity (Wildman–Crippen MR) is 82.7 cm³/mol. The molecule has 0 amide bonds. The fraction of sp³-hybridized carbons (Fsp3) is 0.250. The molecule has 2 aromatic rings. The highest BCUT2D eigenvalue weighted by Gasteiger charge is 2.14. The molecule has 1 aromatic carbocycles. The van der Waals surface area contributed by atoms with Gasteiger partial charge in [0.25, 0.3) is 0 Å². The SMILES string of the molecule is COc1ccc(C=CC(=O)c2ccn(C)n2)c(OC)c1OC. The zero-order valence-corrected chi connectivity index (χ0v) is 13.0. The number of ether oxygens (including phenoxy) is 3. The van der Waals surface area contributed by atoms with Crippen LogP contribution in [-0.4, -0.2) is 36.9 Å². The first kappa shape index (κ1) is 15.6. The smallest absolute Gasteiger partial charge is 0.206 e. The molecule has 0 unspecified atom stereocenters. The van der Waals surface area contributed by atoms with E-state index in [1.54, 1.807) is 49.3 Å². The Morgan fingerprint density at radius 3 is 2.36 bits per heavy atom. The van der Waals surface area contributed by atoms with Crippen LogP contribution < -0.4 is 14.2 Å². The number of rotatable bonds is 6. The number of allylic oxidation sites excluding steroid dienone is 1. The van der Waals surface area contributed by atoms with Gasteiger partial charge in [0, 0.05) is 18.8 Å². The van der Waals surface area contributed by atoms with E-state index in [0.717, 1.165) is 0 Å². The molecular weight excluding hydrogens is 284 g/mol. The van der Waals surface area contributed by atoms with Crippen molar-refractivity contribution in [3.63, 3.8) is 0 Å². The Hall–Kier alpha value is -2.76. The molecular formula is C16H18N2O4. The minimum Gasteiger partial charge on any atom is -0.493 e. The van der Waals surface area contributed by atoms with Gasteiger partial charge in [0.2, 0.25) is 11.5 Å². The number of hydrogen-bond donors (Lipinski definition) is 0. The number of nitrogens with zero attached hydrogens (tertiary/aromatic N) is 2. The van der Waals surface area contributed by atoms with Gasteiger partial charge in [0.15, 0.2) is 11.5 Å². The molecule has 6 heteroatoms. The van der Waals surface area contributed by atoms with Crippen LogP contribution >= 0.6 is 0 Å². The Bertz CT molecular complexity index is 704. The lowest BCUT2D eigenvalue weighted by Gasteiger charge is -2.13. The molecule has 1 heterocycles. The second-order valence-corrected chi connectivity index (χ2v) is 4.50. The lowest BCUT2D eigenvalue weighted by molar-refractivity contribution is 0.104. The van der Waals surface area contributed by atoms with Gasteiger partial charge < -0.3 is 14.2 Å². The summed E-state index contributed by atoms with van der Waals surface area (Å²) in [4.78, 5) is 12.0. The third-order valence-electron chi connectivity index (χ3n) is 3.11. The highest BCUT2D eigenvalue weighted by molar-refractivity contribution is 6.05. The number of aryl methyl sites for hydroxylation is 1. The lowest BCUT2D eigenvalue weighted by Crippen LogP contribution is -1.99. The molecule has 22 heavy (non-hydrogen) atoms. The van der Waals surface area contributed by atoms with Gasteiger partial charge in [-0.15, -0.1) is 0 Å². The van der Waals surface area contributed by atoms with Crippen LogP contribution in [0.5, 0.6) is 17.2 Å². The van der Waals surface area contributed by atoms with Crippen LogP contribution in [0.4, 0.5) is 0 Å². The molecule has 6 nitrogen and oxygen atoms in total. The topological polar surface area (TPSA) is 62.6 Å². The number of benzene rings is 1. The van der Waals surface area contributed by atoms with Crippen molar-refractivity contribution in [3.05, 3.63) is 41.7 Å². The summed E-state index contributed by atoms with van der Waals surface area (Å²) in [7, 11) is 6.39. The summed E-state index contributed by atoms with van der Waals surface area (Å²) in [6, 6.07) is 5.22. The number of carbonyl (C=O) groups excluding carboxylic acids is 1. The fourth-order valence-corrected chi connectivity index (χ4v) is 2.05. The summed E-state index contributed by atoms with van der Waals surface area (Å²) in [6.45, 7) is 0. The van der Waals surface area contributed by atoms with Crippen molar-refractivity contribution in [2.45, 2.75) is 0 Å². The van der Waals surface area contributed by atoms with Gasteiger partial charge >= 0.3 is 0 Å². The van der Waals surface area contributed by atoms with Crippen molar-refractivity contribution in [1.82, 2.24) is 9.78 Å². The van der Waals surface area contributed by atoms with Crippen LogP contribution in [0.25, 0.3) is 6.08 Å². The van der Waals surface area contributed by atoms with E-state index in [1.165, 1.54) is 20.3 Å². The molecule has 1 aromatic heterocycles. The third kappa shape index (κ3) is 3.11. The van der Waals surface area contributed by atoms with Crippen LogP contribution in [0.2, 0.25) is 0 Å². The summed E-state index contributed by atoms with van der Waals surface area (Å²) in [5, 5.41) is 4.07. The van der Waals surface area contributed by atoms with E-state index in [-0.39, 0.29) is 5.78 Å². The van der Waals surface area contributed by atoms with Crippen molar-refractivity contribution in [2.75, 3.05) is 21.3 Å². The van der Waals surface area contributed by atoms with Crippen LogP contribution in [0.1, 0.15) is 16.1 Å². The Labute approximate surface area is 128 Å². The van der Waals surface area contributed by atoms with E-state index in [1.807, 2.05) is 0 Å². The van der Waals surface area contributed by atoms with Crippen molar-refractivity contribution >= 4 is 11.9 Å². The van der Waals surface area contributed by atoms with Gasteiger partial charge in [-0.25, -0.2) is 0 Å². The normalized spacial score (nSPS) is 10.7. The molecule has 0 atom stereocenters. The van der Waals surface area contributed by atoms with Gasteiger partial charge in [0.1, 0.15) is 5.69 Å². The second-order valence-electron chi connectivity index (χ2n) is 4.50. The van der Waals surface area contributed by atoms with Crippen molar-refractivity contribution in [3.8, 4) is 17.2 Å². The van der Waals surface area contributed by atoms with Gasteiger partial charge in [-0.2, -0.15) is 5.10 Å². The maximum atomic E-state index is 12.0. The average molecular weight is 302 g/mol. The molecule has 0 saturated heterocycles. The standard InChI is InChI=1S/C16H18N2O4/c1-18-10-9-12(17-18)13(19)7-5-11-6-8-14(20-2)16(22-4)15(11)21-3/h5-10H,1-4H3. The molecule has 0 aliphatic carbocycles. The second kappa shape index (κ2) is 6.80. The number of hydrogen-bond acceptors (Lipinski definition) is 5. The van der Waals surface area contributed by atoms with Gasteiger partial charge in [-0.05, 0) is 30.4 Å². The van der Waals surface area contributed by atoms with Crippen LogP contribution in [-0.2, 0) is 7.05 Å². The Morgan fingerprint density at radius 1 is 1.09 bits per heavy atom. The maximum Gasteiger partial charge on any atom is 0.206 e. The number of ketones is 1. The monoisotopic (exact) mass is 302 g/mol. The highest BCUT2D eigenvalue weighted by Crippen LogP contribution is 2.40. The minimum atomic E-state index is -0.183. The predicted octanol–water partition coefficient (Wildman–Crippen LogP) is 2.34. The van der Waals surface area contributed by atoms with Gasteiger partial charge in [-0.3, -0.25) is 9.48 Å². The largest absolute Gasteiger partial charge is 0.493 e. The Balaban J connectivity index is 2.32. The maximum absolute atomic E-state index is 12.0. The Morgan fingerprint density at radius 2 is 1.82 bits per heavy atom. The molecule has 116 valence electrons. The van der Waals surface area contributed by atoms with Gasteiger partial charge in [0.05, 0.1) is 21.3 Å². The first-order chi connectivity index (χ1) is 10.6. The average Bonchev–Trinajstić information content (AvgIpc) is 2.97. The number of methoxy groups -OCH3 is 3. The van der Waals surface area contributed by atoms with E-state index < -0.39 is 0 Å². The van der Waals surface area contributed by atoms with Crippen LogP contribution in [0.15, 0.2) is 30.5 Å². The summed E-state index contributed by atoms with van der Waals surface area (Å²) >= 11 is 0. The van der Waals surface area contributed by atoms with Crippen molar-refractivity contribution < 1.29 is 19.0 Å². The van der Waals surface area contributed by atoms with E-state index in [2.05, 4.69) is 5.10 Å². The summed E-state index contributed by atoms with van der Waals surface area (Å²) < 4.78 is 17.5. The molecule has 0 spiro atoms. The summed E-state index contributed by atoms with van der Waals surface area (Å²) in [5.41, 5.74) is 1.10. The quantitative estimate of drug-likeness (QED) is 0.605. The van der Waals surface area contributed by atoms with E-state index >= 15 is 0 Å². The number of aromatic nitrogens is 2. The van der Waals surface area contributed by atoms with E-state index in [0.29, 0.717) is 28.5 Å². The zero-order chi connectivity index (χ0) is 16.1.